The van der Waals surface area contributed by atoms with Crippen LogP contribution in [0.25, 0.3) is 0 Å². The standard InChI is InChI=1S/C12H20N4O2/c1-2-6-18-11-3-4-14-12(15-11)16-5-7-17-9-10(16)8-13/h3-4,10H,2,5-9,13H2,1H3. The van der Waals surface area contributed by atoms with E-state index in [2.05, 4.69) is 21.8 Å². The number of hydrogen-bond donors (Lipinski definition) is 1. The summed E-state index contributed by atoms with van der Waals surface area (Å²) in [5.41, 5.74) is 5.74. The molecular formula is C12H20N4O2. The molecule has 1 saturated heterocycles. The normalized spacial score (nSPS) is 19.9. The first-order valence-corrected chi connectivity index (χ1v) is 6.35. The van der Waals surface area contributed by atoms with Gasteiger partial charge in [0.15, 0.2) is 0 Å². The minimum Gasteiger partial charge on any atom is -0.478 e. The van der Waals surface area contributed by atoms with E-state index in [9.17, 15) is 0 Å². The van der Waals surface area contributed by atoms with E-state index < -0.39 is 0 Å². The third kappa shape index (κ3) is 3.08. The van der Waals surface area contributed by atoms with Gasteiger partial charge < -0.3 is 20.1 Å². The molecule has 1 aromatic rings. The molecule has 2 N–H and O–H groups in total. The zero-order valence-electron chi connectivity index (χ0n) is 10.7. The van der Waals surface area contributed by atoms with Crippen LogP contribution in [-0.2, 0) is 4.74 Å². The first-order valence-electron chi connectivity index (χ1n) is 6.35. The topological polar surface area (TPSA) is 73.5 Å². The van der Waals surface area contributed by atoms with E-state index in [-0.39, 0.29) is 6.04 Å². The number of anilines is 1. The Hall–Kier alpha value is -1.40. The molecule has 0 spiro atoms. The summed E-state index contributed by atoms with van der Waals surface area (Å²) < 4.78 is 10.9. The van der Waals surface area contributed by atoms with Gasteiger partial charge in [-0.05, 0) is 6.42 Å². The van der Waals surface area contributed by atoms with Crippen molar-refractivity contribution >= 4 is 5.95 Å². The van der Waals surface area contributed by atoms with E-state index in [1.54, 1.807) is 12.3 Å². The zero-order chi connectivity index (χ0) is 12.8. The molecule has 2 rings (SSSR count). The Balaban J connectivity index is 2.10. The maximum atomic E-state index is 5.74. The number of hydrogen-bond acceptors (Lipinski definition) is 6. The summed E-state index contributed by atoms with van der Waals surface area (Å²) in [6, 6.07) is 1.91. The van der Waals surface area contributed by atoms with E-state index in [4.69, 9.17) is 15.2 Å². The van der Waals surface area contributed by atoms with Crippen molar-refractivity contribution in [2.75, 3.05) is 37.8 Å². The molecule has 0 bridgehead atoms. The quantitative estimate of drug-likeness (QED) is 0.819. The maximum Gasteiger partial charge on any atom is 0.229 e. The van der Waals surface area contributed by atoms with Crippen molar-refractivity contribution in [2.45, 2.75) is 19.4 Å². The third-order valence-electron chi connectivity index (χ3n) is 2.83. The molecule has 0 radical (unpaired) electrons. The van der Waals surface area contributed by atoms with Gasteiger partial charge in [-0.25, -0.2) is 4.98 Å². The number of nitrogens with zero attached hydrogens (tertiary/aromatic N) is 3. The van der Waals surface area contributed by atoms with Gasteiger partial charge in [0.1, 0.15) is 0 Å². The number of ether oxygens (including phenoxy) is 2. The summed E-state index contributed by atoms with van der Waals surface area (Å²) >= 11 is 0. The summed E-state index contributed by atoms with van der Waals surface area (Å²) in [6.07, 6.45) is 2.68. The van der Waals surface area contributed by atoms with Crippen molar-refractivity contribution in [3.63, 3.8) is 0 Å². The second-order valence-corrected chi connectivity index (χ2v) is 4.20. The van der Waals surface area contributed by atoms with Crippen LogP contribution in [0.4, 0.5) is 5.95 Å². The lowest BCUT2D eigenvalue weighted by atomic mass is 10.2. The average molecular weight is 252 g/mol. The Labute approximate surface area is 107 Å². The van der Waals surface area contributed by atoms with Gasteiger partial charge >= 0.3 is 0 Å². The molecule has 18 heavy (non-hydrogen) atoms. The Morgan fingerprint density at radius 1 is 1.61 bits per heavy atom. The summed E-state index contributed by atoms with van der Waals surface area (Å²) in [5, 5.41) is 0. The maximum absolute atomic E-state index is 5.74. The second-order valence-electron chi connectivity index (χ2n) is 4.20. The van der Waals surface area contributed by atoms with Gasteiger partial charge in [0, 0.05) is 25.4 Å². The molecule has 1 aliphatic rings. The lowest BCUT2D eigenvalue weighted by Gasteiger charge is -2.34. The highest BCUT2D eigenvalue weighted by atomic mass is 16.5. The molecule has 1 fully saturated rings. The van der Waals surface area contributed by atoms with Gasteiger partial charge in [0.25, 0.3) is 0 Å². The molecule has 100 valence electrons. The highest BCUT2D eigenvalue weighted by molar-refractivity contribution is 5.34. The van der Waals surface area contributed by atoms with E-state index in [0.717, 1.165) is 13.0 Å². The lowest BCUT2D eigenvalue weighted by molar-refractivity contribution is 0.0953. The van der Waals surface area contributed by atoms with Crippen LogP contribution in [0.3, 0.4) is 0 Å². The molecule has 1 unspecified atom stereocenters. The van der Waals surface area contributed by atoms with Crippen LogP contribution in [0.15, 0.2) is 12.3 Å². The van der Waals surface area contributed by atoms with Gasteiger partial charge in [-0.2, -0.15) is 4.98 Å². The Morgan fingerprint density at radius 2 is 2.50 bits per heavy atom. The third-order valence-corrected chi connectivity index (χ3v) is 2.83. The zero-order valence-corrected chi connectivity index (χ0v) is 10.7. The van der Waals surface area contributed by atoms with Gasteiger partial charge in [-0.3, -0.25) is 0 Å². The first-order chi connectivity index (χ1) is 8.85. The van der Waals surface area contributed by atoms with E-state index >= 15 is 0 Å². The van der Waals surface area contributed by atoms with Gasteiger partial charge in [0.2, 0.25) is 11.8 Å². The smallest absolute Gasteiger partial charge is 0.229 e. The van der Waals surface area contributed by atoms with Crippen LogP contribution >= 0.6 is 0 Å². The minimum atomic E-state index is 0.139. The molecule has 6 heteroatoms. The van der Waals surface area contributed by atoms with Crippen molar-refractivity contribution in [2.24, 2.45) is 5.73 Å². The Bertz CT molecular complexity index is 375. The number of morpholine rings is 1. The first kappa shape index (κ1) is 13.0. The number of rotatable bonds is 5. The lowest BCUT2D eigenvalue weighted by Crippen LogP contribution is -2.50. The second kappa shape index (κ2) is 6.51. The van der Waals surface area contributed by atoms with Crippen molar-refractivity contribution in [3.8, 4) is 5.88 Å². The fourth-order valence-electron chi connectivity index (χ4n) is 1.87. The highest BCUT2D eigenvalue weighted by Crippen LogP contribution is 2.17. The van der Waals surface area contributed by atoms with Crippen LogP contribution in [0.2, 0.25) is 0 Å². The van der Waals surface area contributed by atoms with Crippen molar-refractivity contribution in [1.82, 2.24) is 9.97 Å². The largest absolute Gasteiger partial charge is 0.478 e. The molecule has 1 aliphatic heterocycles. The molecule has 0 saturated carbocycles. The van der Waals surface area contributed by atoms with Crippen molar-refractivity contribution < 1.29 is 9.47 Å². The highest BCUT2D eigenvalue weighted by Gasteiger charge is 2.24. The molecule has 1 aromatic heterocycles. The van der Waals surface area contributed by atoms with Crippen molar-refractivity contribution in [3.05, 3.63) is 12.3 Å². The molecule has 6 nitrogen and oxygen atoms in total. The molecule has 0 aromatic carbocycles. The van der Waals surface area contributed by atoms with Crippen LogP contribution in [-0.4, -0.2) is 48.9 Å². The van der Waals surface area contributed by atoms with E-state index in [1.807, 2.05) is 0 Å². The molecule has 0 aliphatic carbocycles. The van der Waals surface area contributed by atoms with Crippen LogP contribution in [0, 0.1) is 0 Å². The van der Waals surface area contributed by atoms with Crippen LogP contribution in [0.5, 0.6) is 5.88 Å². The van der Waals surface area contributed by atoms with Gasteiger partial charge in [-0.15, -0.1) is 0 Å². The van der Waals surface area contributed by atoms with Gasteiger partial charge in [-0.1, -0.05) is 6.92 Å². The summed E-state index contributed by atoms with van der Waals surface area (Å²) in [6.45, 7) is 5.33. The number of nitrogens with two attached hydrogens (primary N) is 1. The summed E-state index contributed by atoms with van der Waals surface area (Å²) in [4.78, 5) is 10.8. The molecule has 2 heterocycles. The summed E-state index contributed by atoms with van der Waals surface area (Å²) in [5.74, 6) is 1.28. The molecule has 1 atom stereocenters. The van der Waals surface area contributed by atoms with E-state index in [0.29, 0.717) is 38.2 Å². The fourth-order valence-corrected chi connectivity index (χ4v) is 1.87. The Morgan fingerprint density at radius 3 is 3.28 bits per heavy atom. The molecular weight excluding hydrogens is 232 g/mol. The molecule has 0 amide bonds. The summed E-state index contributed by atoms with van der Waals surface area (Å²) in [7, 11) is 0. The predicted molar refractivity (Wildman–Crippen MR) is 68.8 cm³/mol. The minimum absolute atomic E-state index is 0.139. The van der Waals surface area contributed by atoms with Gasteiger partial charge in [0.05, 0.1) is 25.9 Å². The number of aromatic nitrogens is 2. The average Bonchev–Trinajstić information content (AvgIpc) is 2.45. The fraction of sp³-hybridized carbons (Fsp3) is 0.667. The van der Waals surface area contributed by atoms with E-state index in [1.165, 1.54) is 0 Å². The predicted octanol–water partition coefficient (Wildman–Crippen LogP) is 0.429. The van der Waals surface area contributed by atoms with Crippen LogP contribution in [0.1, 0.15) is 13.3 Å². The van der Waals surface area contributed by atoms with Crippen LogP contribution < -0.4 is 15.4 Å². The monoisotopic (exact) mass is 252 g/mol. The Kier molecular flexibility index (Phi) is 4.72. The van der Waals surface area contributed by atoms with Crippen molar-refractivity contribution in [1.29, 1.82) is 0 Å². The SMILES string of the molecule is CCCOc1ccnc(N2CCOCC2CN)n1.